The maximum atomic E-state index is 9.43. The van der Waals surface area contributed by atoms with Crippen molar-refractivity contribution in [2.45, 2.75) is 13.5 Å². The molecule has 0 aliphatic heterocycles. The van der Waals surface area contributed by atoms with Crippen LogP contribution in [0.5, 0.6) is 0 Å². The van der Waals surface area contributed by atoms with Crippen LogP contribution in [0.1, 0.15) is 16.8 Å². The van der Waals surface area contributed by atoms with Gasteiger partial charge in [0.1, 0.15) is 12.4 Å². The summed E-state index contributed by atoms with van der Waals surface area (Å²) in [5, 5.41) is 12.4. The number of imidazole rings is 1. The Labute approximate surface area is 157 Å². The monoisotopic (exact) mass is 357 g/mol. The number of anilines is 1. The number of aromatic nitrogens is 2. The molecule has 1 aromatic heterocycles. The molecule has 0 saturated heterocycles. The maximum absolute atomic E-state index is 9.43. The molecule has 0 aliphatic rings. The van der Waals surface area contributed by atoms with Crippen molar-refractivity contribution in [3.05, 3.63) is 77.9 Å². The first kappa shape index (κ1) is 17.9. The van der Waals surface area contributed by atoms with E-state index in [4.69, 9.17) is 5.73 Å². The van der Waals surface area contributed by atoms with Gasteiger partial charge in [0.05, 0.1) is 29.8 Å². The van der Waals surface area contributed by atoms with E-state index in [9.17, 15) is 5.26 Å². The molecule has 7 nitrogen and oxygen atoms in total. The van der Waals surface area contributed by atoms with Crippen molar-refractivity contribution in [1.82, 2.24) is 9.55 Å². The van der Waals surface area contributed by atoms with E-state index < -0.39 is 0 Å². The maximum Gasteiger partial charge on any atom is 0.199 e. The van der Waals surface area contributed by atoms with Gasteiger partial charge in [-0.1, -0.05) is 30.3 Å². The van der Waals surface area contributed by atoms with Crippen molar-refractivity contribution in [2.24, 2.45) is 15.7 Å². The zero-order valence-electron chi connectivity index (χ0n) is 14.9. The Morgan fingerprint density at radius 3 is 2.81 bits per heavy atom. The molecule has 3 aromatic rings. The number of aryl methyl sites for hydroxylation is 1. The molecule has 1 heterocycles. The molecule has 0 fully saturated rings. The van der Waals surface area contributed by atoms with Gasteiger partial charge in [-0.05, 0) is 30.7 Å². The van der Waals surface area contributed by atoms with Crippen LogP contribution in [-0.2, 0) is 6.54 Å². The summed E-state index contributed by atoms with van der Waals surface area (Å²) in [6.45, 7) is 2.43. The summed E-state index contributed by atoms with van der Waals surface area (Å²) in [7, 11) is 0. The molecule has 3 N–H and O–H groups in total. The van der Waals surface area contributed by atoms with Crippen molar-refractivity contribution in [1.29, 1.82) is 5.26 Å². The van der Waals surface area contributed by atoms with Crippen LogP contribution in [0.2, 0.25) is 0 Å². The molecule has 0 bridgehead atoms. The van der Waals surface area contributed by atoms with Crippen molar-refractivity contribution in [3.8, 4) is 11.8 Å². The van der Waals surface area contributed by atoms with Gasteiger partial charge in [-0.15, -0.1) is 0 Å². The molecule has 0 amide bonds. The summed E-state index contributed by atoms with van der Waals surface area (Å²) in [5.74, 6) is 0.196. The van der Waals surface area contributed by atoms with E-state index in [0.29, 0.717) is 17.8 Å². The highest BCUT2D eigenvalue weighted by molar-refractivity contribution is 5.96. The van der Waals surface area contributed by atoms with Crippen LogP contribution < -0.4 is 11.1 Å². The molecule has 7 heteroatoms. The van der Waals surface area contributed by atoms with Gasteiger partial charge in [-0.25, -0.2) is 9.98 Å². The number of nitriles is 1. The molecular weight excluding hydrogens is 338 g/mol. The van der Waals surface area contributed by atoms with Crippen LogP contribution in [0.25, 0.3) is 5.69 Å². The number of nitrogens with two attached hydrogens (primary N) is 1. The van der Waals surface area contributed by atoms with Crippen LogP contribution in [0.4, 0.5) is 5.69 Å². The van der Waals surface area contributed by atoms with Crippen LogP contribution in [0.15, 0.2) is 71.0 Å². The second-order valence-electron chi connectivity index (χ2n) is 5.85. The average molecular weight is 357 g/mol. The highest BCUT2D eigenvalue weighted by Crippen LogP contribution is 2.19. The van der Waals surface area contributed by atoms with Crippen molar-refractivity contribution < 1.29 is 0 Å². The highest BCUT2D eigenvalue weighted by Gasteiger charge is 2.07. The minimum Gasteiger partial charge on any atom is -0.369 e. The molecule has 3 rings (SSSR count). The molecule has 0 unspecified atom stereocenters. The smallest absolute Gasteiger partial charge is 0.199 e. The number of hydrogen-bond acceptors (Lipinski definition) is 3. The summed E-state index contributed by atoms with van der Waals surface area (Å²) in [6, 6.07) is 17.4. The topological polar surface area (TPSA) is 104 Å². The first-order valence-corrected chi connectivity index (χ1v) is 8.33. The fourth-order valence-corrected chi connectivity index (χ4v) is 2.49. The molecule has 0 atom stereocenters. The Bertz CT molecular complexity index is 1010. The molecule has 134 valence electrons. The van der Waals surface area contributed by atoms with Crippen LogP contribution in [-0.4, -0.2) is 21.8 Å². The Kier molecular flexibility index (Phi) is 5.60. The molecule has 27 heavy (non-hydrogen) atoms. The van der Waals surface area contributed by atoms with Gasteiger partial charge in [-0.2, -0.15) is 5.26 Å². The van der Waals surface area contributed by atoms with E-state index in [0.717, 1.165) is 16.9 Å². The standard InChI is InChI=1S/C20H19N7/c1-15-12-27(14-25-15)19-8-7-18(9-17(19)10-21)26-20(22)24-13-23-11-16-5-3-2-4-6-16/h2-9,12-14H,11H2,1H3,(H3,22,23,24,26). The minimum absolute atomic E-state index is 0.196. The lowest BCUT2D eigenvalue weighted by Crippen LogP contribution is -2.22. The van der Waals surface area contributed by atoms with Gasteiger partial charge in [-0.3, -0.25) is 4.99 Å². The van der Waals surface area contributed by atoms with E-state index in [1.54, 1.807) is 12.4 Å². The fraction of sp³-hybridized carbons (Fsp3) is 0.100. The number of rotatable bonds is 5. The Morgan fingerprint density at radius 1 is 1.30 bits per heavy atom. The number of aliphatic imine (C=N–C) groups is 2. The first-order chi connectivity index (χ1) is 13.2. The summed E-state index contributed by atoms with van der Waals surface area (Å²) in [4.78, 5) is 12.5. The summed E-state index contributed by atoms with van der Waals surface area (Å²) in [5.41, 5.74) is 9.78. The molecular formula is C20H19N7. The van der Waals surface area contributed by atoms with E-state index in [2.05, 4.69) is 26.4 Å². The van der Waals surface area contributed by atoms with Crippen LogP contribution >= 0.6 is 0 Å². The Balaban J connectivity index is 1.67. The molecule has 0 aliphatic carbocycles. The first-order valence-electron chi connectivity index (χ1n) is 8.33. The van der Waals surface area contributed by atoms with Gasteiger partial charge in [0, 0.05) is 11.9 Å². The molecule has 0 spiro atoms. The number of guanidine groups is 1. The quantitative estimate of drug-likeness (QED) is 0.541. The van der Waals surface area contributed by atoms with Crippen LogP contribution in [0, 0.1) is 18.3 Å². The largest absolute Gasteiger partial charge is 0.369 e. The van der Waals surface area contributed by atoms with E-state index >= 15 is 0 Å². The summed E-state index contributed by atoms with van der Waals surface area (Å²) >= 11 is 0. The van der Waals surface area contributed by atoms with Gasteiger partial charge in [0.2, 0.25) is 0 Å². The Hall–Kier alpha value is -3.92. The van der Waals surface area contributed by atoms with Crippen molar-refractivity contribution >= 4 is 18.0 Å². The zero-order chi connectivity index (χ0) is 19.1. The van der Waals surface area contributed by atoms with Gasteiger partial charge in [0.25, 0.3) is 0 Å². The number of nitrogens with one attached hydrogen (secondary N) is 1. The third-order valence-electron chi connectivity index (χ3n) is 3.77. The van der Waals surface area contributed by atoms with Gasteiger partial charge >= 0.3 is 0 Å². The SMILES string of the molecule is Cc1cn(-c2ccc(NC(N)=NC=NCc3ccccc3)cc2C#N)cn1. The third-order valence-corrected chi connectivity index (χ3v) is 3.77. The number of hydrogen-bond donors (Lipinski definition) is 2. The predicted molar refractivity (Wildman–Crippen MR) is 107 cm³/mol. The highest BCUT2D eigenvalue weighted by atomic mass is 15.1. The minimum atomic E-state index is 0.196. The summed E-state index contributed by atoms with van der Waals surface area (Å²) < 4.78 is 1.81. The lowest BCUT2D eigenvalue weighted by atomic mass is 10.1. The van der Waals surface area contributed by atoms with Crippen molar-refractivity contribution in [2.75, 3.05) is 5.32 Å². The third kappa shape index (κ3) is 4.80. The van der Waals surface area contributed by atoms with E-state index in [-0.39, 0.29) is 5.96 Å². The van der Waals surface area contributed by atoms with Gasteiger partial charge < -0.3 is 15.6 Å². The number of nitrogens with zero attached hydrogens (tertiary/aromatic N) is 5. The normalized spacial score (nSPS) is 11.5. The summed E-state index contributed by atoms with van der Waals surface area (Å²) in [6.07, 6.45) is 4.96. The molecule has 0 saturated carbocycles. The lowest BCUT2D eigenvalue weighted by Gasteiger charge is -2.09. The Morgan fingerprint density at radius 2 is 2.11 bits per heavy atom. The van der Waals surface area contributed by atoms with Crippen LogP contribution in [0.3, 0.4) is 0 Å². The van der Waals surface area contributed by atoms with Crippen molar-refractivity contribution in [3.63, 3.8) is 0 Å². The number of benzene rings is 2. The van der Waals surface area contributed by atoms with E-state index in [1.165, 1.54) is 6.34 Å². The lowest BCUT2D eigenvalue weighted by molar-refractivity contribution is 1.05. The average Bonchev–Trinajstić information content (AvgIpc) is 3.12. The predicted octanol–water partition coefficient (Wildman–Crippen LogP) is 3.01. The van der Waals surface area contributed by atoms with E-state index in [1.807, 2.05) is 60.2 Å². The van der Waals surface area contributed by atoms with Gasteiger partial charge in [0.15, 0.2) is 5.96 Å². The fourth-order valence-electron chi connectivity index (χ4n) is 2.49. The second-order valence-corrected chi connectivity index (χ2v) is 5.85. The zero-order valence-corrected chi connectivity index (χ0v) is 14.9. The second kappa shape index (κ2) is 8.45. The molecule has 0 radical (unpaired) electrons. The molecule has 2 aromatic carbocycles.